The van der Waals surface area contributed by atoms with Crippen molar-refractivity contribution in [3.8, 4) is 6.07 Å². The Morgan fingerprint density at radius 2 is 1.88 bits per heavy atom. The zero-order chi connectivity index (χ0) is 12.1. The highest BCUT2D eigenvalue weighted by Gasteiger charge is 2.25. The van der Waals surface area contributed by atoms with Crippen LogP contribution in [0.2, 0.25) is 0 Å². The molecule has 0 radical (unpaired) electrons. The standard InChI is InChI=1S/C13H22N2O/c1-9(2)12(8-14)13(16)15-11-6-4-10(3)5-7-11/h9-12H,4-7H2,1-3H3,(H,15,16). The number of carbonyl (C=O) groups excluding carboxylic acids is 1. The van der Waals surface area contributed by atoms with Crippen molar-refractivity contribution in [1.29, 1.82) is 5.26 Å². The maximum absolute atomic E-state index is 11.8. The van der Waals surface area contributed by atoms with E-state index in [4.69, 9.17) is 5.26 Å². The molecule has 0 aromatic heterocycles. The maximum Gasteiger partial charge on any atom is 0.237 e. The van der Waals surface area contributed by atoms with E-state index in [-0.39, 0.29) is 11.8 Å². The summed E-state index contributed by atoms with van der Waals surface area (Å²) in [6.45, 7) is 6.08. The molecule has 16 heavy (non-hydrogen) atoms. The molecular formula is C13H22N2O. The summed E-state index contributed by atoms with van der Waals surface area (Å²) in [7, 11) is 0. The molecule has 1 amide bonds. The van der Waals surface area contributed by atoms with E-state index >= 15 is 0 Å². The first-order valence-corrected chi connectivity index (χ1v) is 6.24. The fourth-order valence-corrected chi connectivity index (χ4v) is 2.21. The minimum atomic E-state index is -0.501. The second-order valence-corrected chi connectivity index (χ2v) is 5.32. The van der Waals surface area contributed by atoms with E-state index < -0.39 is 5.92 Å². The van der Waals surface area contributed by atoms with Crippen LogP contribution in [-0.4, -0.2) is 11.9 Å². The Bertz CT molecular complexity index is 272. The molecule has 1 fully saturated rings. The van der Waals surface area contributed by atoms with Crippen molar-refractivity contribution < 1.29 is 4.79 Å². The number of nitriles is 1. The van der Waals surface area contributed by atoms with E-state index in [9.17, 15) is 4.79 Å². The molecule has 0 bridgehead atoms. The van der Waals surface area contributed by atoms with E-state index in [0.717, 1.165) is 18.8 Å². The largest absolute Gasteiger partial charge is 0.352 e. The van der Waals surface area contributed by atoms with Crippen molar-refractivity contribution in [2.24, 2.45) is 17.8 Å². The van der Waals surface area contributed by atoms with Gasteiger partial charge >= 0.3 is 0 Å². The number of nitrogens with zero attached hydrogens (tertiary/aromatic N) is 1. The third kappa shape index (κ3) is 3.52. The first-order valence-electron chi connectivity index (χ1n) is 6.24. The van der Waals surface area contributed by atoms with Gasteiger partial charge in [-0.1, -0.05) is 20.8 Å². The smallest absolute Gasteiger partial charge is 0.237 e. The molecule has 0 aromatic rings. The summed E-state index contributed by atoms with van der Waals surface area (Å²) >= 11 is 0. The second kappa shape index (κ2) is 5.89. The number of hydrogen-bond acceptors (Lipinski definition) is 2. The monoisotopic (exact) mass is 222 g/mol. The number of amides is 1. The molecule has 1 N–H and O–H groups in total. The lowest BCUT2D eigenvalue weighted by Crippen LogP contribution is -2.41. The molecule has 1 saturated carbocycles. The molecule has 3 heteroatoms. The van der Waals surface area contributed by atoms with E-state index in [1.165, 1.54) is 12.8 Å². The van der Waals surface area contributed by atoms with Crippen LogP contribution in [0.1, 0.15) is 46.5 Å². The molecule has 0 heterocycles. The molecule has 0 spiro atoms. The normalized spacial score (nSPS) is 27.2. The van der Waals surface area contributed by atoms with Gasteiger partial charge < -0.3 is 5.32 Å². The Labute approximate surface area is 98.2 Å². The van der Waals surface area contributed by atoms with Gasteiger partial charge in [0.2, 0.25) is 5.91 Å². The Morgan fingerprint density at radius 3 is 2.31 bits per heavy atom. The average molecular weight is 222 g/mol. The Hall–Kier alpha value is -1.04. The van der Waals surface area contributed by atoms with Gasteiger partial charge in [0.05, 0.1) is 6.07 Å². The fourth-order valence-electron chi connectivity index (χ4n) is 2.21. The zero-order valence-electron chi connectivity index (χ0n) is 10.5. The van der Waals surface area contributed by atoms with Crippen molar-refractivity contribution in [3.05, 3.63) is 0 Å². The van der Waals surface area contributed by atoms with Crippen molar-refractivity contribution in [2.75, 3.05) is 0 Å². The summed E-state index contributed by atoms with van der Waals surface area (Å²) in [5.74, 6) is 0.286. The highest BCUT2D eigenvalue weighted by atomic mass is 16.1. The van der Waals surface area contributed by atoms with Crippen LogP contribution in [0, 0.1) is 29.1 Å². The molecule has 1 rings (SSSR count). The number of carbonyl (C=O) groups is 1. The maximum atomic E-state index is 11.8. The van der Waals surface area contributed by atoms with Crippen LogP contribution in [0.15, 0.2) is 0 Å². The van der Waals surface area contributed by atoms with E-state index in [1.54, 1.807) is 0 Å². The zero-order valence-corrected chi connectivity index (χ0v) is 10.5. The van der Waals surface area contributed by atoms with Crippen LogP contribution in [0.25, 0.3) is 0 Å². The van der Waals surface area contributed by atoms with Crippen LogP contribution in [0.5, 0.6) is 0 Å². The SMILES string of the molecule is CC1CCC(NC(=O)C(C#N)C(C)C)CC1. The number of nitrogens with one attached hydrogen (secondary N) is 1. The lowest BCUT2D eigenvalue weighted by molar-refractivity contribution is -0.125. The molecule has 0 saturated heterocycles. The lowest BCUT2D eigenvalue weighted by Gasteiger charge is -2.28. The molecule has 1 atom stereocenters. The molecule has 3 nitrogen and oxygen atoms in total. The first kappa shape index (κ1) is 13.0. The topological polar surface area (TPSA) is 52.9 Å². The van der Waals surface area contributed by atoms with Crippen LogP contribution >= 0.6 is 0 Å². The van der Waals surface area contributed by atoms with Gasteiger partial charge in [0, 0.05) is 6.04 Å². The lowest BCUT2D eigenvalue weighted by atomic mass is 9.87. The summed E-state index contributed by atoms with van der Waals surface area (Å²) < 4.78 is 0. The summed E-state index contributed by atoms with van der Waals surface area (Å²) in [4.78, 5) is 11.8. The van der Waals surface area contributed by atoms with Gasteiger partial charge in [-0.25, -0.2) is 0 Å². The molecule has 90 valence electrons. The van der Waals surface area contributed by atoms with E-state index in [2.05, 4.69) is 18.3 Å². The van der Waals surface area contributed by atoms with Crippen LogP contribution in [0.3, 0.4) is 0 Å². The van der Waals surface area contributed by atoms with E-state index in [1.807, 2.05) is 13.8 Å². The van der Waals surface area contributed by atoms with Crippen molar-refractivity contribution in [2.45, 2.75) is 52.5 Å². The van der Waals surface area contributed by atoms with Crippen molar-refractivity contribution in [1.82, 2.24) is 5.32 Å². The van der Waals surface area contributed by atoms with Gasteiger partial charge in [0.15, 0.2) is 0 Å². The molecule has 0 aromatic carbocycles. The van der Waals surface area contributed by atoms with Crippen molar-refractivity contribution >= 4 is 5.91 Å². The van der Waals surface area contributed by atoms with Crippen LogP contribution in [0.4, 0.5) is 0 Å². The third-order valence-corrected chi connectivity index (χ3v) is 3.45. The summed E-state index contributed by atoms with van der Waals surface area (Å²) in [5.41, 5.74) is 0. The first-order chi connectivity index (χ1) is 7.54. The molecule has 1 aliphatic rings. The predicted molar refractivity (Wildman–Crippen MR) is 63.5 cm³/mol. The van der Waals surface area contributed by atoms with Crippen molar-refractivity contribution in [3.63, 3.8) is 0 Å². The fraction of sp³-hybridized carbons (Fsp3) is 0.846. The third-order valence-electron chi connectivity index (χ3n) is 3.45. The Balaban J connectivity index is 2.42. The van der Waals surface area contributed by atoms with Crippen LogP contribution < -0.4 is 5.32 Å². The average Bonchev–Trinajstić information content (AvgIpc) is 2.22. The summed E-state index contributed by atoms with van der Waals surface area (Å²) in [6.07, 6.45) is 4.49. The van der Waals surface area contributed by atoms with Gasteiger partial charge in [0.25, 0.3) is 0 Å². The highest BCUT2D eigenvalue weighted by molar-refractivity contribution is 5.81. The minimum Gasteiger partial charge on any atom is -0.352 e. The van der Waals surface area contributed by atoms with Gasteiger partial charge in [-0.3, -0.25) is 4.79 Å². The summed E-state index contributed by atoms with van der Waals surface area (Å²) in [6, 6.07) is 2.38. The van der Waals surface area contributed by atoms with Gasteiger partial charge in [-0.15, -0.1) is 0 Å². The molecular weight excluding hydrogens is 200 g/mol. The summed E-state index contributed by atoms with van der Waals surface area (Å²) in [5, 5.41) is 11.9. The van der Waals surface area contributed by atoms with Gasteiger partial charge in [-0.05, 0) is 37.5 Å². The van der Waals surface area contributed by atoms with Crippen LogP contribution in [-0.2, 0) is 4.79 Å². The Morgan fingerprint density at radius 1 is 1.31 bits per heavy atom. The van der Waals surface area contributed by atoms with Gasteiger partial charge in [0.1, 0.15) is 5.92 Å². The number of hydrogen-bond donors (Lipinski definition) is 1. The number of rotatable bonds is 3. The quantitative estimate of drug-likeness (QED) is 0.797. The van der Waals surface area contributed by atoms with Gasteiger partial charge in [-0.2, -0.15) is 5.26 Å². The second-order valence-electron chi connectivity index (χ2n) is 5.32. The highest BCUT2D eigenvalue weighted by Crippen LogP contribution is 2.24. The molecule has 1 aliphatic carbocycles. The Kier molecular flexibility index (Phi) is 4.79. The molecule has 1 unspecified atom stereocenters. The predicted octanol–water partition coefficient (Wildman–Crippen LogP) is 2.48. The minimum absolute atomic E-state index is 0.0861. The van der Waals surface area contributed by atoms with E-state index in [0.29, 0.717) is 6.04 Å². The molecule has 0 aliphatic heterocycles.